The molecule has 0 saturated carbocycles. The minimum atomic E-state index is -0.0342. The lowest BCUT2D eigenvalue weighted by molar-refractivity contribution is 0.921. The van der Waals surface area contributed by atoms with Crippen LogP contribution in [0.5, 0.6) is 0 Å². The van der Waals surface area contributed by atoms with Crippen molar-refractivity contribution < 1.29 is 0 Å². The van der Waals surface area contributed by atoms with Crippen LogP contribution in [0.1, 0.15) is 16.5 Å². The normalized spacial score (nSPS) is 12.7. The van der Waals surface area contributed by atoms with E-state index in [2.05, 4.69) is 37.9 Å². The van der Waals surface area contributed by atoms with Gasteiger partial charge in [-0.3, -0.25) is 0 Å². The second-order valence-electron chi connectivity index (χ2n) is 3.58. The van der Waals surface area contributed by atoms with Crippen LogP contribution < -0.4 is 0 Å². The maximum Gasteiger partial charge on any atom is 0.0757 e. The van der Waals surface area contributed by atoms with Crippen molar-refractivity contribution in [3.8, 4) is 0 Å². The minimum Gasteiger partial charge on any atom is -0.121 e. The molecular weight excluding hydrogens is 407 g/mol. The first-order chi connectivity index (χ1) is 8.06. The van der Waals surface area contributed by atoms with Gasteiger partial charge in [0.2, 0.25) is 0 Å². The standard InChI is InChI=1S/C12H8Br2Cl2S/c13-11-6-9(12(14)17-11)10(16)5-7-1-3-8(15)4-2-7/h1-4,6,10H,5H2. The van der Waals surface area contributed by atoms with E-state index in [0.29, 0.717) is 0 Å². The van der Waals surface area contributed by atoms with Crippen molar-refractivity contribution in [2.24, 2.45) is 0 Å². The molecule has 2 aromatic rings. The summed E-state index contributed by atoms with van der Waals surface area (Å²) >= 11 is 20.9. The molecule has 0 radical (unpaired) electrons. The van der Waals surface area contributed by atoms with E-state index in [0.717, 1.165) is 24.6 Å². The molecule has 0 aliphatic rings. The van der Waals surface area contributed by atoms with Crippen LogP contribution in [0.3, 0.4) is 0 Å². The van der Waals surface area contributed by atoms with Gasteiger partial charge in [0.05, 0.1) is 12.9 Å². The first-order valence-electron chi connectivity index (χ1n) is 4.89. The van der Waals surface area contributed by atoms with Crippen molar-refractivity contribution in [2.75, 3.05) is 0 Å². The van der Waals surface area contributed by atoms with Crippen LogP contribution in [-0.4, -0.2) is 0 Å². The molecule has 0 saturated heterocycles. The molecule has 0 aliphatic carbocycles. The number of alkyl halides is 1. The van der Waals surface area contributed by atoms with Crippen LogP contribution in [0.4, 0.5) is 0 Å². The third-order valence-corrected chi connectivity index (χ3v) is 5.38. The van der Waals surface area contributed by atoms with Gasteiger partial charge in [-0.25, -0.2) is 0 Å². The van der Waals surface area contributed by atoms with E-state index < -0.39 is 0 Å². The molecule has 5 heteroatoms. The average Bonchev–Trinajstić information content (AvgIpc) is 2.61. The number of hydrogen-bond acceptors (Lipinski definition) is 1. The Balaban J connectivity index is 2.14. The minimum absolute atomic E-state index is 0.0342. The van der Waals surface area contributed by atoms with E-state index in [4.69, 9.17) is 23.2 Å². The summed E-state index contributed by atoms with van der Waals surface area (Å²) in [5.41, 5.74) is 2.31. The largest absolute Gasteiger partial charge is 0.121 e. The maximum atomic E-state index is 6.42. The summed E-state index contributed by atoms with van der Waals surface area (Å²) in [6.07, 6.45) is 0.792. The Morgan fingerprint density at radius 1 is 1.18 bits per heavy atom. The molecule has 90 valence electrons. The quantitative estimate of drug-likeness (QED) is 0.506. The highest BCUT2D eigenvalue weighted by Gasteiger charge is 2.15. The van der Waals surface area contributed by atoms with E-state index in [1.807, 2.05) is 24.3 Å². The molecule has 1 heterocycles. The van der Waals surface area contributed by atoms with Crippen molar-refractivity contribution in [3.05, 3.63) is 54.1 Å². The lowest BCUT2D eigenvalue weighted by Crippen LogP contribution is -1.94. The Kier molecular flexibility index (Phi) is 4.96. The second kappa shape index (κ2) is 6.07. The SMILES string of the molecule is Clc1ccc(CC(Cl)c2cc(Br)sc2Br)cc1. The van der Waals surface area contributed by atoms with Crippen molar-refractivity contribution in [2.45, 2.75) is 11.8 Å². The van der Waals surface area contributed by atoms with Gasteiger partial charge in [-0.1, -0.05) is 23.7 Å². The number of benzene rings is 1. The third-order valence-electron chi connectivity index (χ3n) is 2.35. The molecule has 1 aromatic carbocycles. The first kappa shape index (κ1) is 13.9. The molecule has 0 amide bonds. The molecule has 0 spiro atoms. The molecule has 0 aliphatic heterocycles. The summed E-state index contributed by atoms with van der Waals surface area (Å²) in [7, 11) is 0. The first-order valence-corrected chi connectivity index (χ1v) is 8.11. The fourth-order valence-corrected chi connectivity index (χ4v) is 5.15. The van der Waals surface area contributed by atoms with E-state index >= 15 is 0 Å². The number of hydrogen-bond donors (Lipinski definition) is 0. The summed E-state index contributed by atoms with van der Waals surface area (Å²) in [6, 6.07) is 9.85. The van der Waals surface area contributed by atoms with Crippen LogP contribution in [-0.2, 0) is 6.42 Å². The molecule has 1 aromatic heterocycles. The van der Waals surface area contributed by atoms with Gasteiger partial charge >= 0.3 is 0 Å². The highest BCUT2D eigenvalue weighted by atomic mass is 79.9. The van der Waals surface area contributed by atoms with Crippen molar-refractivity contribution >= 4 is 66.4 Å². The van der Waals surface area contributed by atoms with E-state index in [1.165, 1.54) is 5.56 Å². The number of halogens is 4. The summed E-state index contributed by atoms with van der Waals surface area (Å²) in [5, 5.41) is 0.715. The zero-order valence-corrected chi connectivity index (χ0v) is 14.1. The van der Waals surface area contributed by atoms with E-state index in [1.54, 1.807) is 11.3 Å². The summed E-state index contributed by atoms with van der Waals surface area (Å²) in [5.74, 6) is 0. The second-order valence-corrected chi connectivity index (χ2v) is 8.29. The maximum absolute atomic E-state index is 6.42. The lowest BCUT2D eigenvalue weighted by atomic mass is 10.1. The molecular formula is C12H8Br2Cl2S. The van der Waals surface area contributed by atoms with Crippen molar-refractivity contribution in [1.82, 2.24) is 0 Å². The van der Waals surface area contributed by atoms with Crippen LogP contribution in [0, 0.1) is 0 Å². The third kappa shape index (κ3) is 3.71. The predicted octanol–water partition coefficient (Wildman–Crippen LogP) is 6.45. The summed E-state index contributed by atoms with van der Waals surface area (Å²) in [4.78, 5) is 0. The molecule has 0 nitrogen and oxygen atoms in total. The Morgan fingerprint density at radius 2 is 1.82 bits per heavy atom. The zero-order valence-electron chi connectivity index (χ0n) is 8.59. The van der Waals surface area contributed by atoms with Crippen LogP contribution in [0.15, 0.2) is 37.9 Å². The van der Waals surface area contributed by atoms with Crippen LogP contribution in [0.25, 0.3) is 0 Å². The smallest absolute Gasteiger partial charge is 0.0757 e. The molecule has 2 rings (SSSR count). The Morgan fingerprint density at radius 3 is 2.35 bits per heavy atom. The summed E-state index contributed by atoms with van der Waals surface area (Å²) in [6.45, 7) is 0. The van der Waals surface area contributed by atoms with E-state index in [9.17, 15) is 0 Å². The molecule has 0 bridgehead atoms. The molecule has 0 fully saturated rings. The van der Waals surface area contributed by atoms with Gasteiger partial charge in [-0.15, -0.1) is 22.9 Å². The molecule has 0 N–H and O–H groups in total. The fraction of sp³-hybridized carbons (Fsp3) is 0.167. The van der Waals surface area contributed by atoms with Gasteiger partial charge in [0.25, 0.3) is 0 Å². The lowest BCUT2D eigenvalue weighted by Gasteiger charge is -2.08. The van der Waals surface area contributed by atoms with Crippen molar-refractivity contribution in [1.29, 1.82) is 0 Å². The topological polar surface area (TPSA) is 0 Å². The van der Waals surface area contributed by atoms with Gasteiger partial charge in [0.1, 0.15) is 0 Å². The average molecular weight is 415 g/mol. The molecule has 1 atom stereocenters. The number of rotatable bonds is 3. The van der Waals surface area contributed by atoms with Gasteiger partial charge in [0, 0.05) is 5.02 Å². The zero-order chi connectivity index (χ0) is 12.4. The fourth-order valence-electron chi connectivity index (χ4n) is 1.50. The van der Waals surface area contributed by atoms with Gasteiger partial charge in [-0.2, -0.15) is 0 Å². The van der Waals surface area contributed by atoms with Gasteiger partial charge < -0.3 is 0 Å². The van der Waals surface area contributed by atoms with Crippen molar-refractivity contribution in [3.63, 3.8) is 0 Å². The Bertz CT molecular complexity index is 508. The highest BCUT2D eigenvalue weighted by molar-refractivity contribution is 9.12. The van der Waals surface area contributed by atoms with Crippen LogP contribution >= 0.6 is 66.4 Å². The Hall–Kier alpha value is 0.460. The van der Waals surface area contributed by atoms with Gasteiger partial charge in [0.15, 0.2) is 0 Å². The van der Waals surface area contributed by atoms with Gasteiger partial charge in [-0.05, 0) is 67.6 Å². The van der Waals surface area contributed by atoms with Crippen LogP contribution in [0.2, 0.25) is 5.02 Å². The van der Waals surface area contributed by atoms with E-state index in [-0.39, 0.29) is 5.38 Å². The molecule has 17 heavy (non-hydrogen) atoms. The Labute approximate surface area is 131 Å². The monoisotopic (exact) mass is 412 g/mol. The summed E-state index contributed by atoms with van der Waals surface area (Å²) < 4.78 is 2.17. The predicted molar refractivity (Wildman–Crippen MR) is 83.5 cm³/mol. The number of thiophene rings is 1. The highest BCUT2D eigenvalue weighted by Crippen LogP contribution is 2.39. The molecule has 1 unspecified atom stereocenters.